The fourth-order valence-corrected chi connectivity index (χ4v) is 1.66. The van der Waals surface area contributed by atoms with Crippen LogP contribution >= 0.6 is 9.24 Å². The third-order valence-electron chi connectivity index (χ3n) is 2.12. The maximum absolute atomic E-state index is 12.5. The molecule has 1 nitrogen and oxygen atoms in total. The van der Waals surface area contributed by atoms with Crippen molar-refractivity contribution in [3.8, 4) is 0 Å². The van der Waals surface area contributed by atoms with E-state index in [0.29, 0.717) is 12.8 Å². The molecule has 1 unspecified atom stereocenters. The Kier molecular flexibility index (Phi) is 2.58. The SMILES string of the molecule is O=C(P)C1CCC(F)(F)CC1. The summed E-state index contributed by atoms with van der Waals surface area (Å²) in [6.07, 6.45) is 0.431. The van der Waals surface area contributed by atoms with Gasteiger partial charge in [0.15, 0.2) is 5.52 Å². The molecule has 0 aromatic heterocycles. The van der Waals surface area contributed by atoms with Crippen LogP contribution in [0.2, 0.25) is 0 Å². The third-order valence-corrected chi connectivity index (χ3v) is 2.59. The van der Waals surface area contributed by atoms with E-state index in [-0.39, 0.29) is 24.3 Å². The zero-order chi connectivity index (χ0) is 8.48. The van der Waals surface area contributed by atoms with Gasteiger partial charge in [0.1, 0.15) is 0 Å². The van der Waals surface area contributed by atoms with Crippen molar-refractivity contribution >= 4 is 14.8 Å². The van der Waals surface area contributed by atoms with Gasteiger partial charge >= 0.3 is 0 Å². The van der Waals surface area contributed by atoms with Gasteiger partial charge in [0.05, 0.1) is 0 Å². The van der Waals surface area contributed by atoms with Gasteiger partial charge in [-0.15, -0.1) is 0 Å². The van der Waals surface area contributed by atoms with Gasteiger partial charge in [0, 0.05) is 18.8 Å². The highest BCUT2D eigenvalue weighted by Gasteiger charge is 2.36. The molecule has 64 valence electrons. The van der Waals surface area contributed by atoms with Gasteiger partial charge in [-0.3, -0.25) is 4.79 Å². The summed E-state index contributed by atoms with van der Waals surface area (Å²) < 4.78 is 25.0. The van der Waals surface area contributed by atoms with E-state index >= 15 is 0 Å². The number of rotatable bonds is 1. The zero-order valence-electron chi connectivity index (χ0n) is 6.15. The molecular formula is C7H11F2OP. The predicted octanol–water partition coefficient (Wildman–Crippen LogP) is 2.21. The average Bonchev–Trinajstić information content (AvgIpc) is 1.86. The predicted molar refractivity (Wildman–Crippen MR) is 41.6 cm³/mol. The lowest BCUT2D eigenvalue weighted by Crippen LogP contribution is -2.26. The lowest BCUT2D eigenvalue weighted by Gasteiger charge is -2.26. The normalized spacial score (nSPS) is 25.0. The van der Waals surface area contributed by atoms with Crippen molar-refractivity contribution in [2.75, 3.05) is 0 Å². The van der Waals surface area contributed by atoms with Gasteiger partial charge in [-0.1, -0.05) is 9.24 Å². The fraction of sp³-hybridized carbons (Fsp3) is 0.857. The van der Waals surface area contributed by atoms with Gasteiger partial charge < -0.3 is 0 Å². The van der Waals surface area contributed by atoms with E-state index in [1.165, 1.54) is 0 Å². The Labute approximate surface area is 66.7 Å². The van der Waals surface area contributed by atoms with E-state index in [9.17, 15) is 13.6 Å². The van der Waals surface area contributed by atoms with Crippen LogP contribution in [0, 0.1) is 5.92 Å². The molecule has 0 bridgehead atoms. The molecular weight excluding hydrogens is 169 g/mol. The number of hydrogen-bond donors (Lipinski definition) is 0. The van der Waals surface area contributed by atoms with Gasteiger partial charge in [0.2, 0.25) is 5.92 Å². The molecule has 4 heteroatoms. The molecule has 0 radical (unpaired) electrons. The van der Waals surface area contributed by atoms with Crippen molar-refractivity contribution in [3.05, 3.63) is 0 Å². The van der Waals surface area contributed by atoms with Crippen molar-refractivity contribution in [1.29, 1.82) is 0 Å². The van der Waals surface area contributed by atoms with E-state index in [1.807, 2.05) is 0 Å². The summed E-state index contributed by atoms with van der Waals surface area (Å²) in [6, 6.07) is 0. The lowest BCUT2D eigenvalue weighted by atomic mass is 9.88. The minimum atomic E-state index is -2.52. The van der Waals surface area contributed by atoms with Crippen molar-refractivity contribution in [3.63, 3.8) is 0 Å². The lowest BCUT2D eigenvalue weighted by molar-refractivity contribution is -0.118. The van der Waals surface area contributed by atoms with Crippen LogP contribution in [0.15, 0.2) is 0 Å². The maximum atomic E-state index is 12.5. The van der Waals surface area contributed by atoms with Crippen LogP contribution < -0.4 is 0 Å². The third kappa shape index (κ3) is 2.48. The van der Waals surface area contributed by atoms with Crippen molar-refractivity contribution in [2.45, 2.75) is 31.6 Å². The molecule has 1 fully saturated rings. The monoisotopic (exact) mass is 180 g/mol. The summed E-state index contributed by atoms with van der Waals surface area (Å²) in [5.41, 5.74) is -0.0273. The van der Waals surface area contributed by atoms with E-state index < -0.39 is 5.92 Å². The van der Waals surface area contributed by atoms with Crippen molar-refractivity contribution in [2.24, 2.45) is 5.92 Å². The molecule has 0 aromatic rings. The van der Waals surface area contributed by atoms with Gasteiger partial charge in [-0.25, -0.2) is 8.78 Å². The van der Waals surface area contributed by atoms with Crippen LogP contribution in [0.3, 0.4) is 0 Å². The molecule has 0 saturated heterocycles. The van der Waals surface area contributed by atoms with Crippen LogP contribution in [-0.2, 0) is 4.79 Å². The Morgan fingerprint density at radius 1 is 1.36 bits per heavy atom. The first kappa shape index (κ1) is 9.05. The molecule has 0 aliphatic heterocycles. The second-order valence-electron chi connectivity index (χ2n) is 3.03. The van der Waals surface area contributed by atoms with Crippen molar-refractivity contribution < 1.29 is 13.6 Å². The Hall–Kier alpha value is -0.0400. The molecule has 0 heterocycles. The fourth-order valence-electron chi connectivity index (χ4n) is 1.32. The molecule has 0 amide bonds. The molecule has 1 saturated carbocycles. The smallest absolute Gasteiger partial charge is 0.248 e. The molecule has 11 heavy (non-hydrogen) atoms. The summed E-state index contributed by atoms with van der Waals surface area (Å²) in [5.74, 6) is -2.66. The highest BCUT2D eigenvalue weighted by Crippen LogP contribution is 2.36. The van der Waals surface area contributed by atoms with E-state index in [2.05, 4.69) is 9.24 Å². The molecule has 0 aromatic carbocycles. The van der Waals surface area contributed by atoms with E-state index in [1.54, 1.807) is 0 Å². The number of carbonyl (C=O) groups is 1. The van der Waals surface area contributed by atoms with Gasteiger partial charge in [-0.2, -0.15) is 0 Å². The van der Waals surface area contributed by atoms with E-state index in [4.69, 9.17) is 0 Å². The molecule has 1 aliphatic rings. The standard InChI is InChI=1S/C7H11F2OP/c8-7(9)3-1-5(2-4-7)6(10)11/h5H,1-4,11H2. The Bertz CT molecular complexity index is 160. The van der Waals surface area contributed by atoms with Gasteiger partial charge in [0.25, 0.3) is 0 Å². The first-order chi connectivity index (χ1) is 5.01. The molecule has 1 aliphatic carbocycles. The number of hydrogen-bond acceptors (Lipinski definition) is 1. The van der Waals surface area contributed by atoms with Crippen LogP contribution in [-0.4, -0.2) is 11.4 Å². The molecule has 0 spiro atoms. The summed E-state index contributed by atoms with van der Waals surface area (Å²) >= 11 is 0. The zero-order valence-corrected chi connectivity index (χ0v) is 7.30. The number of halogens is 2. The minimum Gasteiger partial charge on any atom is -0.295 e. The second kappa shape index (κ2) is 3.14. The van der Waals surface area contributed by atoms with Crippen LogP contribution in [0.1, 0.15) is 25.7 Å². The van der Waals surface area contributed by atoms with Crippen LogP contribution in [0.4, 0.5) is 8.78 Å². The first-order valence-corrected chi connectivity index (χ1v) is 4.26. The quantitative estimate of drug-likeness (QED) is 0.565. The molecule has 1 atom stereocenters. The topological polar surface area (TPSA) is 17.1 Å². The van der Waals surface area contributed by atoms with Gasteiger partial charge in [-0.05, 0) is 12.8 Å². The Balaban J connectivity index is 2.42. The average molecular weight is 180 g/mol. The minimum absolute atomic E-state index is 0.0273. The summed E-state index contributed by atoms with van der Waals surface area (Å²) in [5, 5.41) is 0. The molecule has 1 rings (SSSR count). The van der Waals surface area contributed by atoms with Crippen LogP contribution in [0.5, 0.6) is 0 Å². The largest absolute Gasteiger partial charge is 0.295 e. The number of carbonyl (C=O) groups excluding carboxylic acids is 1. The highest BCUT2D eigenvalue weighted by atomic mass is 31.0. The summed E-state index contributed by atoms with van der Waals surface area (Å²) in [6.45, 7) is 0. The summed E-state index contributed by atoms with van der Waals surface area (Å²) in [4.78, 5) is 10.7. The number of alkyl halides is 2. The van der Waals surface area contributed by atoms with E-state index in [0.717, 1.165) is 0 Å². The second-order valence-corrected chi connectivity index (χ2v) is 3.60. The maximum Gasteiger partial charge on any atom is 0.248 e. The van der Waals surface area contributed by atoms with Crippen LogP contribution in [0.25, 0.3) is 0 Å². The first-order valence-electron chi connectivity index (χ1n) is 3.68. The van der Waals surface area contributed by atoms with Crippen molar-refractivity contribution in [1.82, 2.24) is 0 Å². The molecule has 0 N–H and O–H groups in total. The Morgan fingerprint density at radius 3 is 2.18 bits per heavy atom. The summed E-state index contributed by atoms with van der Waals surface area (Å²) in [7, 11) is 2.06. The Morgan fingerprint density at radius 2 is 1.82 bits per heavy atom. The highest BCUT2D eigenvalue weighted by molar-refractivity contribution is 7.40.